The largest absolute Gasteiger partial charge is 0.323 e. The van der Waals surface area contributed by atoms with Gasteiger partial charge < -0.3 is 5.32 Å². The van der Waals surface area contributed by atoms with Gasteiger partial charge in [-0.25, -0.2) is 13.2 Å². The first kappa shape index (κ1) is 13.3. The van der Waals surface area contributed by atoms with Gasteiger partial charge in [0, 0.05) is 18.6 Å². The number of carbonyl (C=O) groups excluding carboxylic acids is 1. The van der Waals surface area contributed by atoms with Gasteiger partial charge in [0.1, 0.15) is 5.82 Å². The number of anilines is 1. The lowest BCUT2D eigenvalue weighted by Gasteiger charge is -2.12. The molecule has 1 N–H and O–H groups in total. The second kappa shape index (κ2) is 4.84. The van der Waals surface area contributed by atoms with E-state index in [1.807, 2.05) is 0 Å². The molecule has 0 unspecified atom stereocenters. The van der Waals surface area contributed by atoms with E-state index in [2.05, 4.69) is 17.9 Å². The SMILES string of the molecule is O=C(CC1(CS)CC1)Nc1cc(F)c(F)cc1F. The maximum atomic E-state index is 13.3. The molecule has 1 aromatic rings. The minimum atomic E-state index is -1.28. The minimum Gasteiger partial charge on any atom is -0.323 e. The summed E-state index contributed by atoms with van der Waals surface area (Å²) in [6, 6.07) is 1.05. The molecule has 0 aromatic heterocycles. The van der Waals surface area contributed by atoms with E-state index in [0.717, 1.165) is 12.8 Å². The molecule has 18 heavy (non-hydrogen) atoms. The van der Waals surface area contributed by atoms with Crippen LogP contribution in [0.4, 0.5) is 18.9 Å². The Balaban J connectivity index is 2.05. The van der Waals surface area contributed by atoms with E-state index in [-0.39, 0.29) is 17.5 Å². The van der Waals surface area contributed by atoms with Gasteiger partial charge >= 0.3 is 0 Å². The van der Waals surface area contributed by atoms with Crippen LogP contribution in [0.3, 0.4) is 0 Å². The first-order valence-electron chi connectivity index (χ1n) is 5.51. The van der Waals surface area contributed by atoms with Crippen molar-refractivity contribution in [3.05, 3.63) is 29.6 Å². The lowest BCUT2D eigenvalue weighted by Crippen LogP contribution is -2.19. The number of nitrogens with one attached hydrogen (secondary N) is 1. The fraction of sp³-hybridized carbons (Fsp3) is 0.417. The quantitative estimate of drug-likeness (QED) is 0.641. The molecule has 1 fully saturated rings. The van der Waals surface area contributed by atoms with Crippen molar-refractivity contribution in [1.82, 2.24) is 0 Å². The zero-order valence-corrected chi connectivity index (χ0v) is 10.4. The Kier molecular flexibility index (Phi) is 3.56. The molecule has 1 amide bonds. The van der Waals surface area contributed by atoms with Gasteiger partial charge in [0.05, 0.1) is 5.69 Å². The molecule has 0 spiro atoms. The molecule has 0 saturated heterocycles. The monoisotopic (exact) mass is 275 g/mol. The zero-order valence-electron chi connectivity index (χ0n) is 9.47. The van der Waals surface area contributed by atoms with Gasteiger partial charge in [0.25, 0.3) is 0 Å². The minimum absolute atomic E-state index is 0.109. The van der Waals surface area contributed by atoms with Crippen molar-refractivity contribution in [1.29, 1.82) is 0 Å². The van der Waals surface area contributed by atoms with Gasteiger partial charge in [-0.2, -0.15) is 12.6 Å². The first-order chi connectivity index (χ1) is 8.46. The van der Waals surface area contributed by atoms with Crippen LogP contribution < -0.4 is 5.32 Å². The molecule has 0 radical (unpaired) electrons. The predicted molar refractivity (Wildman–Crippen MR) is 65.1 cm³/mol. The van der Waals surface area contributed by atoms with E-state index < -0.39 is 23.4 Å². The third-order valence-electron chi connectivity index (χ3n) is 3.11. The summed E-state index contributed by atoms with van der Waals surface area (Å²) in [7, 11) is 0. The van der Waals surface area contributed by atoms with Gasteiger partial charge in [-0.15, -0.1) is 0 Å². The van der Waals surface area contributed by atoms with Crippen LogP contribution in [0.2, 0.25) is 0 Å². The second-order valence-electron chi connectivity index (χ2n) is 4.63. The van der Waals surface area contributed by atoms with Crippen LogP contribution in [0.5, 0.6) is 0 Å². The number of hydrogen-bond donors (Lipinski definition) is 2. The van der Waals surface area contributed by atoms with Crippen molar-refractivity contribution >= 4 is 24.2 Å². The highest BCUT2D eigenvalue weighted by Crippen LogP contribution is 2.49. The van der Waals surface area contributed by atoms with Crippen LogP contribution in [0.25, 0.3) is 0 Å². The Morgan fingerprint density at radius 2 is 1.83 bits per heavy atom. The maximum absolute atomic E-state index is 13.3. The fourth-order valence-corrected chi connectivity index (χ4v) is 2.15. The molecule has 98 valence electrons. The average Bonchev–Trinajstić information content (AvgIpc) is 3.06. The number of hydrogen-bond acceptors (Lipinski definition) is 2. The number of rotatable bonds is 4. The summed E-state index contributed by atoms with van der Waals surface area (Å²) in [6.07, 6.45) is 2.03. The molecule has 6 heteroatoms. The zero-order chi connectivity index (χ0) is 13.3. The molecular formula is C12H12F3NOS. The number of carbonyl (C=O) groups is 1. The molecule has 1 aliphatic rings. The van der Waals surface area contributed by atoms with Crippen molar-refractivity contribution in [3.63, 3.8) is 0 Å². The Bertz CT molecular complexity index is 488. The van der Waals surface area contributed by atoms with Gasteiger partial charge in [0.2, 0.25) is 5.91 Å². The molecule has 0 heterocycles. The molecule has 1 aliphatic carbocycles. The van der Waals surface area contributed by atoms with Crippen LogP contribution in [0.15, 0.2) is 12.1 Å². The molecule has 0 atom stereocenters. The van der Waals surface area contributed by atoms with Crippen LogP contribution in [-0.2, 0) is 4.79 Å². The summed E-state index contributed by atoms with van der Waals surface area (Å²) in [6.45, 7) is 0. The third kappa shape index (κ3) is 2.80. The van der Waals surface area contributed by atoms with Gasteiger partial charge in [-0.3, -0.25) is 4.79 Å². The van der Waals surface area contributed by atoms with E-state index in [0.29, 0.717) is 17.9 Å². The van der Waals surface area contributed by atoms with Crippen molar-refractivity contribution in [2.75, 3.05) is 11.1 Å². The molecule has 2 nitrogen and oxygen atoms in total. The van der Waals surface area contributed by atoms with Crippen molar-refractivity contribution in [3.8, 4) is 0 Å². The lowest BCUT2D eigenvalue weighted by atomic mass is 10.1. The third-order valence-corrected chi connectivity index (χ3v) is 3.78. The smallest absolute Gasteiger partial charge is 0.225 e. The fourth-order valence-electron chi connectivity index (χ4n) is 1.72. The highest BCUT2D eigenvalue weighted by Gasteiger charge is 2.42. The molecule has 1 saturated carbocycles. The van der Waals surface area contributed by atoms with E-state index in [4.69, 9.17) is 0 Å². The molecular weight excluding hydrogens is 263 g/mol. The summed E-state index contributed by atoms with van der Waals surface area (Å²) in [5, 5.41) is 2.25. The summed E-state index contributed by atoms with van der Waals surface area (Å²) in [5.74, 6) is -3.29. The number of halogens is 3. The first-order valence-corrected chi connectivity index (χ1v) is 6.14. The Morgan fingerprint density at radius 3 is 2.39 bits per heavy atom. The Labute approximate surface area is 108 Å². The van der Waals surface area contributed by atoms with Crippen molar-refractivity contribution in [2.45, 2.75) is 19.3 Å². The summed E-state index contributed by atoms with van der Waals surface area (Å²) >= 11 is 4.15. The van der Waals surface area contributed by atoms with E-state index in [9.17, 15) is 18.0 Å². The maximum Gasteiger partial charge on any atom is 0.225 e. The average molecular weight is 275 g/mol. The predicted octanol–water partition coefficient (Wildman–Crippen LogP) is 3.14. The van der Waals surface area contributed by atoms with Crippen LogP contribution in [0, 0.1) is 22.9 Å². The summed E-state index contributed by atoms with van der Waals surface area (Å²) in [4.78, 5) is 11.6. The van der Waals surface area contributed by atoms with Crippen LogP contribution in [-0.4, -0.2) is 11.7 Å². The topological polar surface area (TPSA) is 29.1 Å². The Morgan fingerprint density at radius 1 is 1.22 bits per heavy atom. The molecule has 0 aliphatic heterocycles. The molecule has 0 bridgehead atoms. The highest BCUT2D eigenvalue weighted by molar-refractivity contribution is 7.80. The van der Waals surface area contributed by atoms with E-state index >= 15 is 0 Å². The van der Waals surface area contributed by atoms with E-state index in [1.54, 1.807) is 0 Å². The van der Waals surface area contributed by atoms with Gasteiger partial charge in [0.15, 0.2) is 11.6 Å². The number of thiol groups is 1. The van der Waals surface area contributed by atoms with Crippen molar-refractivity contribution < 1.29 is 18.0 Å². The molecule has 1 aromatic carbocycles. The number of benzene rings is 1. The highest BCUT2D eigenvalue weighted by atomic mass is 32.1. The number of amides is 1. The summed E-state index contributed by atoms with van der Waals surface area (Å²) in [5.41, 5.74) is -0.448. The lowest BCUT2D eigenvalue weighted by molar-refractivity contribution is -0.117. The Hall–Kier alpha value is -1.17. The standard InChI is InChI=1S/C12H12F3NOS/c13-7-3-9(15)10(4-8(7)14)16-11(17)5-12(6-18)1-2-12/h3-4,18H,1-2,5-6H2,(H,16,17). The van der Waals surface area contributed by atoms with Gasteiger partial charge in [-0.1, -0.05) is 0 Å². The second-order valence-corrected chi connectivity index (χ2v) is 4.95. The van der Waals surface area contributed by atoms with Crippen LogP contribution in [0.1, 0.15) is 19.3 Å². The van der Waals surface area contributed by atoms with E-state index in [1.165, 1.54) is 0 Å². The normalized spacial score (nSPS) is 16.4. The van der Waals surface area contributed by atoms with Gasteiger partial charge in [-0.05, 0) is 24.0 Å². The van der Waals surface area contributed by atoms with Crippen LogP contribution >= 0.6 is 12.6 Å². The summed E-state index contributed by atoms with van der Waals surface area (Å²) < 4.78 is 38.9. The molecule has 2 rings (SSSR count). The van der Waals surface area contributed by atoms with Crippen molar-refractivity contribution in [2.24, 2.45) is 5.41 Å².